The first-order chi connectivity index (χ1) is 7.01. The van der Waals surface area contributed by atoms with Crippen LogP contribution in [0.3, 0.4) is 0 Å². The molecule has 0 spiro atoms. The van der Waals surface area contributed by atoms with Gasteiger partial charge in [0.1, 0.15) is 0 Å². The molecule has 0 saturated heterocycles. The number of hydrogen-bond acceptors (Lipinski definition) is 0. The van der Waals surface area contributed by atoms with Crippen molar-refractivity contribution in [1.29, 1.82) is 0 Å². The standard InChI is InChI=1S/C14H17N/c1-13(2,3)14(15-4)10-12(14)11-8-6-5-7-9-11/h5-9,12H,10H2,1-3H3/t12-,14-/m0/s1. The number of benzene rings is 1. The molecule has 0 unspecified atom stereocenters. The molecular weight excluding hydrogens is 182 g/mol. The lowest BCUT2D eigenvalue weighted by Gasteiger charge is -2.21. The molecular formula is C14H17N. The normalized spacial score (nSPS) is 29.6. The smallest absolute Gasteiger partial charge is 0.245 e. The second-order valence-electron chi connectivity index (χ2n) is 5.45. The van der Waals surface area contributed by atoms with Crippen molar-refractivity contribution in [1.82, 2.24) is 0 Å². The molecule has 0 aromatic heterocycles. The molecule has 0 amide bonds. The highest BCUT2D eigenvalue weighted by Crippen LogP contribution is 2.63. The fraction of sp³-hybridized carbons (Fsp3) is 0.500. The van der Waals surface area contributed by atoms with Crippen LogP contribution in [-0.2, 0) is 0 Å². The molecule has 0 N–H and O–H groups in total. The maximum absolute atomic E-state index is 7.43. The average molecular weight is 199 g/mol. The van der Waals surface area contributed by atoms with E-state index in [-0.39, 0.29) is 11.0 Å². The Morgan fingerprint density at radius 1 is 1.27 bits per heavy atom. The zero-order valence-electron chi connectivity index (χ0n) is 9.62. The van der Waals surface area contributed by atoms with E-state index in [1.165, 1.54) is 5.56 Å². The highest BCUT2D eigenvalue weighted by Gasteiger charge is 2.69. The van der Waals surface area contributed by atoms with Crippen molar-refractivity contribution in [3.05, 3.63) is 47.3 Å². The van der Waals surface area contributed by atoms with Gasteiger partial charge < -0.3 is 4.85 Å². The Morgan fingerprint density at radius 3 is 2.27 bits per heavy atom. The first-order valence-corrected chi connectivity index (χ1v) is 5.45. The van der Waals surface area contributed by atoms with Gasteiger partial charge in [-0.25, -0.2) is 6.57 Å². The molecule has 0 radical (unpaired) electrons. The van der Waals surface area contributed by atoms with Crippen LogP contribution in [0.5, 0.6) is 0 Å². The van der Waals surface area contributed by atoms with E-state index in [9.17, 15) is 0 Å². The summed E-state index contributed by atoms with van der Waals surface area (Å²) in [5.41, 5.74) is 1.24. The lowest BCUT2D eigenvalue weighted by molar-refractivity contribution is 0.333. The van der Waals surface area contributed by atoms with Gasteiger partial charge in [0.25, 0.3) is 0 Å². The van der Waals surface area contributed by atoms with E-state index in [1.807, 2.05) is 6.07 Å². The zero-order chi connectivity index (χ0) is 11.1. The Labute approximate surface area is 91.9 Å². The Balaban J connectivity index is 2.30. The highest BCUT2D eigenvalue weighted by atomic mass is 14.9. The number of hydrogen-bond donors (Lipinski definition) is 0. The molecule has 15 heavy (non-hydrogen) atoms. The Hall–Kier alpha value is -1.29. The minimum Gasteiger partial charge on any atom is -0.309 e. The third kappa shape index (κ3) is 1.45. The summed E-state index contributed by atoms with van der Waals surface area (Å²) in [6.07, 6.45) is 1.02. The molecule has 2 rings (SSSR count). The Kier molecular flexibility index (Phi) is 2.12. The predicted octanol–water partition coefficient (Wildman–Crippen LogP) is 3.88. The molecule has 0 bridgehead atoms. The lowest BCUT2D eigenvalue weighted by Crippen LogP contribution is -2.26. The van der Waals surface area contributed by atoms with Crippen LogP contribution in [0.4, 0.5) is 0 Å². The van der Waals surface area contributed by atoms with Gasteiger partial charge in [0, 0.05) is 11.8 Å². The van der Waals surface area contributed by atoms with Gasteiger partial charge in [-0.15, -0.1) is 0 Å². The van der Waals surface area contributed by atoms with E-state index >= 15 is 0 Å². The van der Waals surface area contributed by atoms with E-state index in [1.54, 1.807) is 0 Å². The maximum Gasteiger partial charge on any atom is 0.245 e. The van der Waals surface area contributed by atoms with Crippen LogP contribution >= 0.6 is 0 Å². The van der Waals surface area contributed by atoms with Crippen molar-refractivity contribution in [2.75, 3.05) is 0 Å². The molecule has 2 atom stereocenters. The first-order valence-electron chi connectivity index (χ1n) is 5.45. The van der Waals surface area contributed by atoms with Gasteiger partial charge in [-0.05, 0) is 5.56 Å². The fourth-order valence-corrected chi connectivity index (χ4v) is 2.45. The van der Waals surface area contributed by atoms with Crippen LogP contribution in [-0.4, -0.2) is 5.54 Å². The summed E-state index contributed by atoms with van der Waals surface area (Å²) in [5.74, 6) is 0.441. The van der Waals surface area contributed by atoms with E-state index in [4.69, 9.17) is 6.57 Å². The predicted molar refractivity (Wildman–Crippen MR) is 62.6 cm³/mol. The zero-order valence-corrected chi connectivity index (χ0v) is 9.62. The van der Waals surface area contributed by atoms with Gasteiger partial charge >= 0.3 is 0 Å². The minimum atomic E-state index is -0.158. The fourth-order valence-electron chi connectivity index (χ4n) is 2.45. The number of rotatable bonds is 1. The molecule has 1 aromatic rings. The summed E-state index contributed by atoms with van der Waals surface area (Å²) >= 11 is 0. The van der Waals surface area contributed by atoms with Gasteiger partial charge in [-0.2, -0.15) is 0 Å². The van der Waals surface area contributed by atoms with Gasteiger partial charge in [0.2, 0.25) is 5.54 Å². The molecule has 0 heterocycles. The molecule has 1 saturated carbocycles. The largest absolute Gasteiger partial charge is 0.309 e. The molecule has 1 aliphatic carbocycles. The minimum absolute atomic E-state index is 0.0786. The van der Waals surface area contributed by atoms with Crippen molar-refractivity contribution in [2.45, 2.75) is 38.6 Å². The van der Waals surface area contributed by atoms with E-state index in [0.29, 0.717) is 5.92 Å². The summed E-state index contributed by atoms with van der Waals surface area (Å²) in [5, 5.41) is 0. The quantitative estimate of drug-likeness (QED) is 0.605. The van der Waals surface area contributed by atoms with E-state index in [2.05, 4.69) is 49.9 Å². The Morgan fingerprint density at radius 2 is 1.87 bits per heavy atom. The van der Waals surface area contributed by atoms with Gasteiger partial charge in [-0.3, -0.25) is 0 Å². The van der Waals surface area contributed by atoms with Crippen molar-refractivity contribution >= 4 is 0 Å². The summed E-state index contributed by atoms with van der Waals surface area (Å²) in [6, 6.07) is 10.4. The Bertz CT molecular complexity index is 394. The molecule has 1 aliphatic rings. The average Bonchev–Trinajstić information content (AvgIpc) is 2.94. The molecule has 1 heteroatoms. The van der Waals surface area contributed by atoms with Crippen molar-refractivity contribution < 1.29 is 0 Å². The van der Waals surface area contributed by atoms with Gasteiger partial charge in [0.05, 0.1) is 5.92 Å². The highest BCUT2D eigenvalue weighted by molar-refractivity contribution is 5.39. The molecule has 1 nitrogen and oxygen atoms in total. The van der Waals surface area contributed by atoms with Crippen molar-refractivity contribution in [3.8, 4) is 0 Å². The monoisotopic (exact) mass is 199 g/mol. The summed E-state index contributed by atoms with van der Waals surface area (Å²) in [4.78, 5) is 3.91. The molecule has 0 aliphatic heterocycles. The third-order valence-corrected chi connectivity index (χ3v) is 3.63. The van der Waals surface area contributed by atoms with Crippen molar-refractivity contribution in [3.63, 3.8) is 0 Å². The summed E-state index contributed by atoms with van der Waals surface area (Å²) < 4.78 is 0. The number of nitrogens with zero attached hydrogens (tertiary/aromatic N) is 1. The molecule has 78 valence electrons. The maximum atomic E-state index is 7.43. The van der Waals surface area contributed by atoms with Crippen LogP contribution in [0.1, 0.15) is 38.7 Å². The van der Waals surface area contributed by atoms with Crippen LogP contribution in [0, 0.1) is 12.0 Å². The van der Waals surface area contributed by atoms with Gasteiger partial charge in [-0.1, -0.05) is 51.1 Å². The molecule has 1 fully saturated rings. The topological polar surface area (TPSA) is 4.36 Å². The summed E-state index contributed by atoms with van der Waals surface area (Å²) in [7, 11) is 0. The molecule has 1 aromatic carbocycles. The van der Waals surface area contributed by atoms with Crippen molar-refractivity contribution in [2.24, 2.45) is 5.41 Å². The van der Waals surface area contributed by atoms with E-state index < -0.39 is 0 Å². The first kappa shape index (κ1) is 10.2. The van der Waals surface area contributed by atoms with Crippen LogP contribution in [0.15, 0.2) is 30.3 Å². The third-order valence-electron chi connectivity index (χ3n) is 3.63. The lowest BCUT2D eigenvalue weighted by atomic mass is 9.82. The van der Waals surface area contributed by atoms with Crippen LogP contribution in [0.25, 0.3) is 4.85 Å². The second-order valence-corrected chi connectivity index (χ2v) is 5.45. The second kappa shape index (κ2) is 3.10. The SMILES string of the molecule is [C-]#[N+][C@@]1(C(C)(C)C)C[C@H]1c1ccccc1. The van der Waals surface area contributed by atoms with E-state index in [0.717, 1.165) is 6.42 Å². The van der Waals surface area contributed by atoms with Gasteiger partial charge in [0.15, 0.2) is 0 Å². The summed E-state index contributed by atoms with van der Waals surface area (Å²) in [6.45, 7) is 14.0. The van der Waals surface area contributed by atoms with Crippen LogP contribution < -0.4 is 0 Å². The van der Waals surface area contributed by atoms with Crippen LogP contribution in [0.2, 0.25) is 0 Å².